The molecule has 12 heavy (non-hydrogen) atoms. The Labute approximate surface area is 76.3 Å². The fourth-order valence-electron chi connectivity index (χ4n) is 1.96. The van der Waals surface area contributed by atoms with Gasteiger partial charge in [-0.25, -0.2) is 0 Å². The largest absolute Gasteiger partial charge is 0.255 e. The summed E-state index contributed by atoms with van der Waals surface area (Å²) in [5.74, 6) is 0.643. The number of hydrogen-bond acceptors (Lipinski definition) is 0. The molecule has 2 heteroatoms. The fourth-order valence-corrected chi connectivity index (χ4v) is 1.96. The van der Waals surface area contributed by atoms with E-state index in [1.165, 1.54) is 0 Å². The van der Waals surface area contributed by atoms with E-state index in [1.54, 1.807) is 0 Å². The fraction of sp³-hybridized carbons (Fsp3) is 1.00. The Kier molecular flexibility index (Phi) is 2.56. The smallest absolute Gasteiger partial charge is 0.121 e. The van der Waals surface area contributed by atoms with Crippen molar-refractivity contribution in [2.24, 2.45) is 11.3 Å². The van der Waals surface area contributed by atoms with E-state index in [0.29, 0.717) is 24.2 Å². The highest BCUT2D eigenvalue weighted by atomic mass is 19.1. The van der Waals surface area contributed by atoms with Crippen LogP contribution in [0.3, 0.4) is 0 Å². The van der Waals surface area contributed by atoms with Crippen molar-refractivity contribution < 1.29 is 4.39 Å². The van der Waals surface area contributed by atoms with E-state index < -0.39 is 5.57 Å². The van der Waals surface area contributed by atoms with Crippen LogP contribution in [0.1, 0.15) is 46.5 Å². The molecule has 1 saturated carbocycles. The molecule has 0 spiro atoms. The first kappa shape index (κ1) is 10.1. The van der Waals surface area contributed by atoms with Crippen LogP contribution in [-0.2, 0) is 0 Å². The summed E-state index contributed by atoms with van der Waals surface area (Å²) in [5, 5.41) is 0. The quantitative estimate of drug-likeness (QED) is 0.487. The Balaban J connectivity index is 2.47. The van der Waals surface area contributed by atoms with Crippen molar-refractivity contribution in [1.29, 1.82) is 0 Å². The van der Waals surface area contributed by atoms with Gasteiger partial charge in [0.05, 0.1) is 5.57 Å². The first-order valence-corrected chi connectivity index (χ1v) is 4.79. The molecule has 1 aliphatic carbocycles. The van der Waals surface area contributed by atoms with Crippen molar-refractivity contribution in [3.63, 3.8) is 0 Å². The molecule has 0 aromatic rings. The Morgan fingerprint density at radius 2 is 1.67 bits per heavy atom. The van der Waals surface area contributed by atoms with Gasteiger partial charge in [-0.1, -0.05) is 20.8 Å². The van der Waals surface area contributed by atoms with E-state index in [0.717, 1.165) is 12.8 Å². The lowest BCUT2D eigenvalue weighted by Crippen LogP contribution is -2.34. The van der Waals surface area contributed by atoms with Crippen LogP contribution in [0.15, 0.2) is 0 Å². The van der Waals surface area contributed by atoms with Crippen LogP contribution in [0.5, 0.6) is 0 Å². The predicted octanol–water partition coefficient (Wildman–Crippen LogP) is 3.06. The van der Waals surface area contributed by atoms with Crippen molar-refractivity contribution in [3.05, 3.63) is 0 Å². The van der Waals surface area contributed by atoms with Crippen molar-refractivity contribution >= 4 is 7.85 Å². The lowest BCUT2D eigenvalue weighted by atomic mass is 9.63. The third-order valence-electron chi connectivity index (χ3n) is 3.04. The molecular formula is C10H18BF. The van der Waals surface area contributed by atoms with Crippen molar-refractivity contribution in [2.45, 2.75) is 52.0 Å². The summed E-state index contributed by atoms with van der Waals surface area (Å²) >= 11 is 0. The standard InChI is InChI=1S/C10H18BF/c1-9(2,3)8-4-6-10(11,12)7-5-8/h8H,4-7H2,1-3H3. The highest BCUT2D eigenvalue weighted by molar-refractivity contribution is 6.14. The van der Waals surface area contributed by atoms with Gasteiger partial charge in [-0.3, -0.25) is 4.39 Å². The van der Waals surface area contributed by atoms with Crippen LogP contribution < -0.4 is 0 Å². The Bertz CT molecular complexity index is 148. The third kappa shape index (κ3) is 2.50. The molecule has 2 radical (unpaired) electrons. The summed E-state index contributed by atoms with van der Waals surface area (Å²) in [6.07, 6.45) is 2.96. The summed E-state index contributed by atoms with van der Waals surface area (Å²) in [4.78, 5) is 0. The van der Waals surface area contributed by atoms with Gasteiger partial charge in [0.25, 0.3) is 0 Å². The summed E-state index contributed by atoms with van der Waals surface area (Å²) < 4.78 is 13.2. The van der Waals surface area contributed by atoms with Gasteiger partial charge in [0.15, 0.2) is 0 Å². The van der Waals surface area contributed by atoms with E-state index in [-0.39, 0.29) is 0 Å². The monoisotopic (exact) mass is 168 g/mol. The molecule has 0 nitrogen and oxygen atoms in total. The average molecular weight is 168 g/mol. The first-order valence-electron chi connectivity index (χ1n) is 4.79. The lowest BCUT2D eigenvalue weighted by Gasteiger charge is -2.38. The minimum absolute atomic E-state index is 0.316. The number of hydrogen-bond donors (Lipinski definition) is 0. The van der Waals surface area contributed by atoms with Gasteiger partial charge < -0.3 is 0 Å². The number of rotatable bonds is 0. The maximum atomic E-state index is 13.2. The maximum absolute atomic E-state index is 13.2. The van der Waals surface area contributed by atoms with Gasteiger partial charge in [-0.2, -0.15) is 0 Å². The zero-order chi connectivity index (χ0) is 9.41. The summed E-state index contributed by atoms with van der Waals surface area (Å²) in [6.45, 7) is 6.66. The normalized spacial score (nSPS) is 38.2. The Hall–Kier alpha value is -0.00506. The molecule has 0 aromatic heterocycles. The third-order valence-corrected chi connectivity index (χ3v) is 3.04. The van der Waals surface area contributed by atoms with Gasteiger partial charge in [-0.15, -0.1) is 0 Å². The summed E-state index contributed by atoms with van der Waals surface area (Å²) in [7, 11) is 5.42. The molecule has 1 fully saturated rings. The van der Waals surface area contributed by atoms with E-state index in [9.17, 15) is 4.39 Å². The van der Waals surface area contributed by atoms with Crippen molar-refractivity contribution in [2.75, 3.05) is 0 Å². The molecule has 68 valence electrons. The molecular weight excluding hydrogens is 150 g/mol. The zero-order valence-corrected chi connectivity index (χ0v) is 8.36. The topological polar surface area (TPSA) is 0 Å². The second-order valence-electron chi connectivity index (χ2n) is 5.17. The second-order valence-corrected chi connectivity index (χ2v) is 5.17. The molecule has 1 aliphatic rings. The van der Waals surface area contributed by atoms with E-state index in [1.807, 2.05) is 0 Å². The van der Waals surface area contributed by atoms with Crippen LogP contribution in [0.25, 0.3) is 0 Å². The van der Waals surface area contributed by atoms with E-state index >= 15 is 0 Å². The van der Waals surface area contributed by atoms with Gasteiger partial charge >= 0.3 is 0 Å². The molecule has 0 atom stereocenters. The van der Waals surface area contributed by atoms with Crippen LogP contribution in [0.4, 0.5) is 4.39 Å². The van der Waals surface area contributed by atoms with Crippen molar-refractivity contribution in [3.8, 4) is 0 Å². The predicted molar refractivity (Wildman–Crippen MR) is 51.0 cm³/mol. The highest BCUT2D eigenvalue weighted by Crippen LogP contribution is 2.41. The van der Waals surface area contributed by atoms with Crippen LogP contribution in [-0.4, -0.2) is 13.4 Å². The minimum atomic E-state index is -1.37. The van der Waals surface area contributed by atoms with Gasteiger partial charge in [0.2, 0.25) is 0 Å². The van der Waals surface area contributed by atoms with E-state index in [2.05, 4.69) is 20.8 Å². The van der Waals surface area contributed by atoms with Gasteiger partial charge in [0.1, 0.15) is 7.85 Å². The highest BCUT2D eigenvalue weighted by Gasteiger charge is 2.34. The minimum Gasteiger partial charge on any atom is -0.255 e. The molecule has 0 bridgehead atoms. The zero-order valence-electron chi connectivity index (χ0n) is 8.36. The molecule has 0 heterocycles. The van der Waals surface area contributed by atoms with Crippen LogP contribution >= 0.6 is 0 Å². The number of halogens is 1. The van der Waals surface area contributed by atoms with Gasteiger partial charge in [-0.05, 0) is 37.0 Å². The Morgan fingerprint density at radius 1 is 1.25 bits per heavy atom. The first-order chi connectivity index (χ1) is 5.31. The second kappa shape index (κ2) is 3.04. The molecule has 0 saturated heterocycles. The molecule has 1 rings (SSSR count). The average Bonchev–Trinajstić information content (AvgIpc) is 1.83. The molecule has 0 aliphatic heterocycles. The maximum Gasteiger partial charge on any atom is 0.121 e. The van der Waals surface area contributed by atoms with Crippen LogP contribution in [0.2, 0.25) is 0 Å². The molecule has 0 N–H and O–H groups in total. The Morgan fingerprint density at radius 3 is 2.00 bits per heavy atom. The van der Waals surface area contributed by atoms with E-state index in [4.69, 9.17) is 7.85 Å². The molecule has 0 aromatic carbocycles. The molecule has 0 amide bonds. The lowest BCUT2D eigenvalue weighted by molar-refractivity contribution is 0.105. The van der Waals surface area contributed by atoms with Gasteiger partial charge in [0, 0.05) is 0 Å². The molecule has 0 unspecified atom stereocenters. The van der Waals surface area contributed by atoms with Crippen molar-refractivity contribution in [1.82, 2.24) is 0 Å². The SMILES string of the molecule is [B]C1(F)CCC(C(C)(C)C)CC1. The summed E-state index contributed by atoms with van der Waals surface area (Å²) in [6, 6.07) is 0. The van der Waals surface area contributed by atoms with Crippen LogP contribution in [0, 0.1) is 11.3 Å². The number of alkyl halides is 1. The summed E-state index contributed by atoms with van der Waals surface area (Å²) in [5.41, 5.74) is -1.06.